The topological polar surface area (TPSA) is 129 Å². The largest absolute Gasteiger partial charge is 0.496 e. The molecule has 1 heterocycles. The minimum absolute atomic E-state index is 0.0330. The first kappa shape index (κ1) is 27.2. The molecule has 1 saturated carbocycles. The summed E-state index contributed by atoms with van der Waals surface area (Å²) >= 11 is 0. The number of aromatic nitrogens is 2. The van der Waals surface area contributed by atoms with Crippen molar-refractivity contribution in [3.8, 4) is 5.75 Å². The van der Waals surface area contributed by atoms with Crippen LogP contribution in [-0.4, -0.2) is 43.4 Å². The quantitative estimate of drug-likeness (QED) is 0.309. The molecule has 0 radical (unpaired) electrons. The van der Waals surface area contributed by atoms with Gasteiger partial charge in [0, 0.05) is 22.2 Å². The predicted molar refractivity (Wildman–Crippen MR) is 150 cm³/mol. The summed E-state index contributed by atoms with van der Waals surface area (Å²) in [6, 6.07) is 16.7. The lowest BCUT2D eigenvalue weighted by Crippen LogP contribution is -2.31. The molecule has 0 saturated heterocycles. The SMILES string of the molecule is COc1cc(C(=O)NS(=O)(=O)c2ccccc2C)ccc1Cn1ncc2ccc(NC(=O)OC3CCCC3)cc21. The van der Waals surface area contributed by atoms with Gasteiger partial charge in [0.1, 0.15) is 11.9 Å². The first-order valence-electron chi connectivity index (χ1n) is 13.0. The fourth-order valence-electron chi connectivity index (χ4n) is 4.85. The molecule has 1 fully saturated rings. The number of ether oxygens (including phenoxy) is 2. The zero-order chi connectivity index (χ0) is 28.3. The standard InChI is InChI=1S/C29H30N4O6S/c1-19-7-3-6-10-27(19)40(36,37)32-28(34)20-11-12-22(26(15-20)38-2)18-33-25-16-23(14-13-21(25)17-30-33)31-29(35)39-24-8-4-5-9-24/h3,6-7,10-17,24H,4-5,8-9,18H2,1-2H3,(H,31,35)(H,32,34). The van der Waals surface area contributed by atoms with Gasteiger partial charge in [-0.1, -0.05) is 24.3 Å². The molecule has 10 nitrogen and oxygen atoms in total. The predicted octanol–water partition coefficient (Wildman–Crippen LogP) is 5.01. The smallest absolute Gasteiger partial charge is 0.411 e. The molecule has 3 aromatic carbocycles. The van der Waals surface area contributed by atoms with Gasteiger partial charge in [0.25, 0.3) is 15.9 Å². The van der Waals surface area contributed by atoms with E-state index in [4.69, 9.17) is 9.47 Å². The highest BCUT2D eigenvalue weighted by molar-refractivity contribution is 7.90. The number of benzene rings is 3. The summed E-state index contributed by atoms with van der Waals surface area (Å²) in [6.07, 6.45) is 5.15. The van der Waals surface area contributed by atoms with E-state index < -0.39 is 22.0 Å². The van der Waals surface area contributed by atoms with Crippen molar-refractivity contribution in [1.29, 1.82) is 0 Å². The van der Waals surface area contributed by atoms with E-state index in [1.165, 1.54) is 25.3 Å². The van der Waals surface area contributed by atoms with E-state index in [2.05, 4.69) is 15.1 Å². The van der Waals surface area contributed by atoms with Crippen LogP contribution < -0.4 is 14.8 Å². The average molecular weight is 563 g/mol. The third-order valence-electron chi connectivity index (χ3n) is 6.95. The molecule has 2 amide bonds. The van der Waals surface area contributed by atoms with Gasteiger partial charge in [0.05, 0.1) is 30.3 Å². The number of hydrogen-bond donors (Lipinski definition) is 2. The Kier molecular flexibility index (Phi) is 7.74. The molecule has 1 aliphatic carbocycles. The van der Waals surface area contributed by atoms with Crippen LogP contribution in [0, 0.1) is 6.92 Å². The van der Waals surface area contributed by atoms with E-state index in [1.807, 2.05) is 12.1 Å². The summed E-state index contributed by atoms with van der Waals surface area (Å²) < 4.78 is 40.4. The number of anilines is 1. The molecule has 11 heteroatoms. The lowest BCUT2D eigenvalue weighted by Gasteiger charge is -2.14. The van der Waals surface area contributed by atoms with Gasteiger partial charge in [-0.15, -0.1) is 0 Å². The number of carbonyl (C=O) groups excluding carboxylic acids is 2. The van der Waals surface area contributed by atoms with Gasteiger partial charge >= 0.3 is 6.09 Å². The van der Waals surface area contributed by atoms with Crippen molar-refractivity contribution in [2.45, 2.75) is 50.2 Å². The Labute approximate surface area is 232 Å². The van der Waals surface area contributed by atoms with E-state index in [-0.39, 0.29) is 16.6 Å². The zero-order valence-electron chi connectivity index (χ0n) is 22.2. The van der Waals surface area contributed by atoms with Crippen LogP contribution in [0.1, 0.15) is 47.2 Å². The summed E-state index contributed by atoms with van der Waals surface area (Å²) in [5.41, 5.74) is 2.77. The average Bonchev–Trinajstić information content (AvgIpc) is 3.58. The van der Waals surface area contributed by atoms with Crippen LogP contribution in [0.15, 0.2) is 71.8 Å². The van der Waals surface area contributed by atoms with Gasteiger partial charge in [-0.05, 0) is 74.6 Å². The van der Waals surface area contributed by atoms with Crippen LogP contribution in [0.25, 0.3) is 10.9 Å². The van der Waals surface area contributed by atoms with Crippen molar-refractivity contribution < 1.29 is 27.5 Å². The second-order valence-electron chi connectivity index (χ2n) is 9.74. The fraction of sp³-hybridized carbons (Fsp3) is 0.276. The molecule has 5 rings (SSSR count). The van der Waals surface area contributed by atoms with Gasteiger partial charge in [0.15, 0.2) is 0 Å². The summed E-state index contributed by atoms with van der Waals surface area (Å²) in [4.78, 5) is 25.2. The molecule has 0 bridgehead atoms. The highest BCUT2D eigenvalue weighted by Crippen LogP contribution is 2.26. The molecule has 4 aromatic rings. The van der Waals surface area contributed by atoms with Crippen molar-refractivity contribution in [3.63, 3.8) is 0 Å². The van der Waals surface area contributed by atoms with Gasteiger partial charge in [0.2, 0.25) is 0 Å². The van der Waals surface area contributed by atoms with Crippen LogP contribution in [0.2, 0.25) is 0 Å². The maximum atomic E-state index is 12.8. The third kappa shape index (κ3) is 5.94. The van der Waals surface area contributed by atoms with Crippen LogP contribution in [-0.2, 0) is 21.3 Å². The minimum atomic E-state index is -4.05. The normalized spacial score (nSPS) is 13.8. The molecule has 2 N–H and O–H groups in total. The van der Waals surface area contributed by atoms with Crippen molar-refractivity contribution in [2.75, 3.05) is 12.4 Å². The maximum absolute atomic E-state index is 12.8. The molecule has 40 heavy (non-hydrogen) atoms. The molecular formula is C29H30N4O6S. The van der Waals surface area contributed by atoms with Gasteiger partial charge in [-0.3, -0.25) is 14.8 Å². The zero-order valence-corrected chi connectivity index (χ0v) is 23.0. The highest BCUT2D eigenvalue weighted by Gasteiger charge is 2.22. The van der Waals surface area contributed by atoms with Crippen LogP contribution in [0.4, 0.5) is 10.5 Å². The fourth-order valence-corrected chi connectivity index (χ4v) is 6.07. The maximum Gasteiger partial charge on any atom is 0.411 e. The number of hydrogen-bond acceptors (Lipinski definition) is 7. The third-order valence-corrected chi connectivity index (χ3v) is 8.44. The van der Waals surface area contributed by atoms with E-state index >= 15 is 0 Å². The summed E-state index contributed by atoms with van der Waals surface area (Å²) in [5, 5.41) is 8.15. The number of rotatable bonds is 8. The second-order valence-corrected chi connectivity index (χ2v) is 11.4. The number of sulfonamides is 1. The molecular weight excluding hydrogens is 532 g/mol. The van der Waals surface area contributed by atoms with E-state index in [1.54, 1.807) is 48.1 Å². The molecule has 0 unspecified atom stereocenters. The van der Waals surface area contributed by atoms with Crippen molar-refractivity contribution in [3.05, 3.63) is 83.6 Å². The second kappa shape index (κ2) is 11.4. The first-order chi connectivity index (χ1) is 19.2. The molecule has 1 aliphatic rings. The van der Waals surface area contributed by atoms with Crippen LogP contribution >= 0.6 is 0 Å². The Hall–Kier alpha value is -4.38. The number of fused-ring (bicyclic) bond motifs is 1. The molecule has 0 spiro atoms. The van der Waals surface area contributed by atoms with Gasteiger partial charge in [-0.25, -0.2) is 17.9 Å². The monoisotopic (exact) mass is 562 g/mol. The number of aryl methyl sites for hydroxylation is 1. The van der Waals surface area contributed by atoms with Crippen LogP contribution in [0.3, 0.4) is 0 Å². The van der Waals surface area contributed by atoms with Crippen molar-refractivity contribution in [1.82, 2.24) is 14.5 Å². The Balaban J connectivity index is 1.32. The van der Waals surface area contributed by atoms with E-state index in [9.17, 15) is 18.0 Å². The Morgan fingerprint density at radius 3 is 2.58 bits per heavy atom. The van der Waals surface area contributed by atoms with Crippen LogP contribution in [0.5, 0.6) is 5.75 Å². The van der Waals surface area contributed by atoms with Gasteiger partial charge < -0.3 is 9.47 Å². The molecule has 1 aromatic heterocycles. The number of carbonyl (C=O) groups is 2. The van der Waals surface area contributed by atoms with Crippen molar-refractivity contribution >= 4 is 38.6 Å². The number of nitrogens with one attached hydrogen (secondary N) is 2. The van der Waals surface area contributed by atoms with E-state index in [0.29, 0.717) is 23.5 Å². The summed E-state index contributed by atoms with van der Waals surface area (Å²) in [7, 11) is -2.57. The molecule has 0 aliphatic heterocycles. The van der Waals surface area contributed by atoms with E-state index in [0.717, 1.165) is 42.1 Å². The Morgan fingerprint density at radius 1 is 1.05 bits per heavy atom. The Bertz CT molecular complexity index is 1680. The highest BCUT2D eigenvalue weighted by atomic mass is 32.2. The molecule has 0 atom stereocenters. The minimum Gasteiger partial charge on any atom is -0.496 e. The van der Waals surface area contributed by atoms with Crippen molar-refractivity contribution in [2.24, 2.45) is 0 Å². The lowest BCUT2D eigenvalue weighted by atomic mass is 10.1. The summed E-state index contributed by atoms with van der Waals surface area (Å²) in [6.45, 7) is 1.98. The lowest BCUT2D eigenvalue weighted by molar-refractivity contribution is 0.0980. The Morgan fingerprint density at radius 2 is 1.82 bits per heavy atom. The number of methoxy groups -OCH3 is 1. The number of nitrogens with zero attached hydrogens (tertiary/aromatic N) is 2. The van der Waals surface area contributed by atoms with Gasteiger partial charge in [-0.2, -0.15) is 5.10 Å². The first-order valence-corrected chi connectivity index (χ1v) is 14.4. The number of amides is 2. The molecule has 208 valence electrons. The summed E-state index contributed by atoms with van der Waals surface area (Å²) in [5.74, 6) is -0.364.